The summed E-state index contributed by atoms with van der Waals surface area (Å²) in [5, 5.41) is 0. The molecule has 0 unspecified atom stereocenters. The van der Waals surface area contributed by atoms with Gasteiger partial charge in [-0.2, -0.15) is 0 Å². The molecule has 0 bridgehead atoms. The van der Waals surface area contributed by atoms with Gasteiger partial charge in [0.1, 0.15) is 5.75 Å². The molecule has 1 heterocycles. The average molecular weight is 424 g/mol. The molecule has 2 aromatic rings. The summed E-state index contributed by atoms with van der Waals surface area (Å²) in [6.45, 7) is 7.73. The van der Waals surface area contributed by atoms with Crippen molar-refractivity contribution in [2.75, 3.05) is 18.1 Å². The third-order valence-corrected chi connectivity index (χ3v) is 5.63. The molecule has 5 nitrogen and oxygen atoms in total. The summed E-state index contributed by atoms with van der Waals surface area (Å²) in [5.74, 6) is 1.16. The molecule has 0 atom stereocenters. The highest BCUT2D eigenvalue weighted by molar-refractivity contribution is 6.10. The third-order valence-electron chi connectivity index (χ3n) is 5.63. The van der Waals surface area contributed by atoms with Gasteiger partial charge >= 0.3 is 5.97 Å². The second kappa shape index (κ2) is 11.0. The Balaban J connectivity index is 1.51. The minimum atomic E-state index is -0.119. The van der Waals surface area contributed by atoms with Crippen molar-refractivity contribution in [2.24, 2.45) is 0 Å². The minimum Gasteiger partial charge on any atom is -0.493 e. The van der Waals surface area contributed by atoms with Gasteiger partial charge in [0.2, 0.25) is 0 Å². The van der Waals surface area contributed by atoms with Crippen LogP contribution in [0.1, 0.15) is 80.3 Å². The van der Waals surface area contributed by atoms with Crippen LogP contribution in [0.3, 0.4) is 0 Å². The van der Waals surface area contributed by atoms with Gasteiger partial charge in [-0.3, -0.25) is 9.59 Å². The van der Waals surface area contributed by atoms with E-state index < -0.39 is 0 Å². The van der Waals surface area contributed by atoms with Crippen LogP contribution in [0.2, 0.25) is 0 Å². The van der Waals surface area contributed by atoms with Gasteiger partial charge in [0.25, 0.3) is 5.91 Å². The van der Waals surface area contributed by atoms with Crippen LogP contribution in [0.5, 0.6) is 5.75 Å². The Kier molecular flexibility index (Phi) is 8.10. The molecule has 0 saturated carbocycles. The smallest absolute Gasteiger partial charge is 0.305 e. The molecule has 0 fully saturated rings. The topological polar surface area (TPSA) is 55.8 Å². The molecule has 0 aliphatic carbocycles. The summed E-state index contributed by atoms with van der Waals surface area (Å²) in [6, 6.07) is 13.9. The van der Waals surface area contributed by atoms with E-state index in [9.17, 15) is 9.59 Å². The Morgan fingerprint density at radius 3 is 2.48 bits per heavy atom. The lowest BCUT2D eigenvalue weighted by Crippen LogP contribution is -2.22. The summed E-state index contributed by atoms with van der Waals surface area (Å²) >= 11 is 0. The second-order valence-electron chi connectivity index (χ2n) is 8.24. The third kappa shape index (κ3) is 5.87. The number of fused-ring (bicyclic) bond motifs is 1. The summed E-state index contributed by atoms with van der Waals surface area (Å²) in [7, 11) is 0. The van der Waals surface area contributed by atoms with Crippen LogP contribution in [0, 0.1) is 0 Å². The zero-order valence-electron chi connectivity index (χ0n) is 18.9. The molecular weight excluding hydrogens is 390 g/mol. The molecule has 0 radical (unpaired) electrons. The fourth-order valence-electron chi connectivity index (χ4n) is 3.83. The molecule has 0 aromatic heterocycles. The Bertz CT molecular complexity index is 889. The number of ether oxygens (including phenoxy) is 2. The molecule has 0 saturated heterocycles. The Morgan fingerprint density at radius 1 is 1.03 bits per heavy atom. The first-order valence-electron chi connectivity index (χ1n) is 11.3. The number of rotatable bonds is 11. The maximum atomic E-state index is 13.0. The number of anilines is 1. The SMILES string of the molecule is CCOC(=O)CCCCCCOc1cccc2c1CN(c1ccc(C(C)C)cc1)C2=O. The number of carbonyl (C=O) groups excluding carboxylic acids is 2. The maximum absolute atomic E-state index is 13.0. The van der Waals surface area contributed by atoms with Crippen LogP contribution in [0.15, 0.2) is 42.5 Å². The molecule has 0 N–H and O–H groups in total. The van der Waals surface area contributed by atoms with Gasteiger partial charge in [0.15, 0.2) is 0 Å². The van der Waals surface area contributed by atoms with Gasteiger partial charge in [0.05, 0.1) is 19.8 Å². The number of carbonyl (C=O) groups is 2. The summed E-state index contributed by atoms with van der Waals surface area (Å²) in [5.41, 5.74) is 3.86. The zero-order chi connectivity index (χ0) is 22.2. The largest absolute Gasteiger partial charge is 0.493 e. The highest BCUT2D eigenvalue weighted by atomic mass is 16.5. The van der Waals surface area contributed by atoms with E-state index in [0.717, 1.165) is 48.2 Å². The molecule has 3 rings (SSSR count). The summed E-state index contributed by atoms with van der Waals surface area (Å²) in [6.07, 6.45) is 4.23. The fraction of sp³-hybridized carbons (Fsp3) is 0.462. The number of hydrogen-bond donors (Lipinski definition) is 0. The first-order valence-corrected chi connectivity index (χ1v) is 11.3. The normalized spacial score (nSPS) is 12.9. The molecule has 5 heteroatoms. The van der Waals surface area contributed by atoms with Gasteiger partial charge in [0, 0.05) is 23.2 Å². The Morgan fingerprint density at radius 2 is 1.77 bits per heavy atom. The van der Waals surface area contributed by atoms with Crippen molar-refractivity contribution >= 4 is 17.6 Å². The van der Waals surface area contributed by atoms with Crippen molar-refractivity contribution in [3.05, 3.63) is 59.2 Å². The van der Waals surface area contributed by atoms with Crippen molar-refractivity contribution < 1.29 is 19.1 Å². The molecule has 1 amide bonds. The van der Waals surface area contributed by atoms with Crippen LogP contribution >= 0.6 is 0 Å². The average Bonchev–Trinajstić information content (AvgIpc) is 3.10. The molecule has 1 aliphatic rings. The van der Waals surface area contributed by atoms with Crippen LogP contribution in [-0.4, -0.2) is 25.1 Å². The van der Waals surface area contributed by atoms with Gasteiger partial charge in [-0.25, -0.2) is 0 Å². The quantitative estimate of drug-likeness (QED) is 0.335. The van der Waals surface area contributed by atoms with E-state index in [0.29, 0.717) is 32.1 Å². The highest BCUT2D eigenvalue weighted by Crippen LogP contribution is 2.34. The van der Waals surface area contributed by atoms with E-state index in [1.807, 2.05) is 42.2 Å². The van der Waals surface area contributed by atoms with Crippen molar-refractivity contribution in [1.82, 2.24) is 0 Å². The Hall–Kier alpha value is -2.82. The van der Waals surface area contributed by atoms with Gasteiger partial charge in [-0.05, 0) is 55.5 Å². The lowest BCUT2D eigenvalue weighted by Gasteiger charge is -2.17. The van der Waals surface area contributed by atoms with E-state index in [1.54, 1.807) is 0 Å². The van der Waals surface area contributed by atoms with Crippen LogP contribution < -0.4 is 9.64 Å². The lowest BCUT2D eigenvalue weighted by atomic mass is 10.0. The second-order valence-corrected chi connectivity index (χ2v) is 8.24. The molecular formula is C26H33NO4. The molecule has 31 heavy (non-hydrogen) atoms. The number of benzene rings is 2. The zero-order valence-corrected chi connectivity index (χ0v) is 18.9. The molecule has 2 aromatic carbocycles. The van der Waals surface area contributed by atoms with E-state index in [-0.39, 0.29) is 11.9 Å². The van der Waals surface area contributed by atoms with Gasteiger partial charge in [-0.1, -0.05) is 44.9 Å². The van der Waals surface area contributed by atoms with Gasteiger partial charge in [-0.15, -0.1) is 0 Å². The first-order chi connectivity index (χ1) is 15.0. The molecule has 166 valence electrons. The highest BCUT2D eigenvalue weighted by Gasteiger charge is 2.30. The number of nitrogens with zero attached hydrogens (tertiary/aromatic N) is 1. The summed E-state index contributed by atoms with van der Waals surface area (Å²) in [4.78, 5) is 26.1. The molecule has 1 aliphatic heterocycles. The van der Waals surface area contributed by atoms with Crippen molar-refractivity contribution in [3.8, 4) is 5.75 Å². The number of unbranched alkanes of at least 4 members (excludes halogenated alkanes) is 3. The number of amides is 1. The maximum Gasteiger partial charge on any atom is 0.305 e. The predicted octanol–water partition coefficient (Wildman–Crippen LogP) is 5.86. The van der Waals surface area contributed by atoms with Crippen molar-refractivity contribution in [1.29, 1.82) is 0 Å². The summed E-state index contributed by atoms with van der Waals surface area (Å²) < 4.78 is 11.0. The van der Waals surface area contributed by atoms with Crippen molar-refractivity contribution in [2.45, 2.75) is 65.3 Å². The minimum absolute atomic E-state index is 0.0247. The Labute approximate surface area is 185 Å². The first kappa shape index (κ1) is 22.9. The van der Waals surface area contributed by atoms with E-state index in [1.165, 1.54) is 5.56 Å². The monoisotopic (exact) mass is 423 g/mol. The van der Waals surface area contributed by atoms with E-state index in [4.69, 9.17) is 9.47 Å². The van der Waals surface area contributed by atoms with E-state index >= 15 is 0 Å². The van der Waals surface area contributed by atoms with Gasteiger partial charge < -0.3 is 14.4 Å². The fourth-order valence-corrected chi connectivity index (χ4v) is 3.83. The van der Waals surface area contributed by atoms with Crippen LogP contribution in [0.4, 0.5) is 5.69 Å². The lowest BCUT2D eigenvalue weighted by molar-refractivity contribution is -0.143. The van der Waals surface area contributed by atoms with Crippen molar-refractivity contribution in [3.63, 3.8) is 0 Å². The van der Waals surface area contributed by atoms with Crippen LogP contribution in [-0.2, 0) is 16.1 Å². The standard InChI is InChI=1S/C26H33NO4/c1-4-30-25(28)12-7-5-6-8-17-31-24-11-9-10-22-23(24)18-27(26(22)29)21-15-13-20(14-16-21)19(2)3/h9-11,13-16,19H,4-8,12,17-18H2,1-3H3. The number of esters is 1. The van der Waals surface area contributed by atoms with E-state index in [2.05, 4.69) is 26.0 Å². The van der Waals surface area contributed by atoms with Crippen LogP contribution in [0.25, 0.3) is 0 Å². The molecule has 0 spiro atoms. The predicted molar refractivity (Wildman–Crippen MR) is 123 cm³/mol. The number of hydrogen-bond acceptors (Lipinski definition) is 4.